The third kappa shape index (κ3) is 4.94. The highest BCUT2D eigenvalue weighted by molar-refractivity contribution is 7.89. The van der Waals surface area contributed by atoms with Crippen LogP contribution in [0, 0.1) is 6.92 Å². The molecule has 0 aliphatic rings. The molecule has 0 atom stereocenters. The Bertz CT molecular complexity index is 906. The van der Waals surface area contributed by atoms with Crippen LogP contribution in [0.2, 0.25) is 0 Å². The van der Waals surface area contributed by atoms with Crippen molar-refractivity contribution in [1.82, 2.24) is 4.31 Å². The van der Waals surface area contributed by atoms with Crippen LogP contribution in [0.1, 0.15) is 35.3 Å². The van der Waals surface area contributed by atoms with Crippen LogP contribution in [0.3, 0.4) is 0 Å². The zero-order valence-corrected chi connectivity index (χ0v) is 17.0. The molecule has 2 aromatic rings. The molecule has 6 nitrogen and oxygen atoms in total. The molecule has 1 amide bonds. The molecule has 0 saturated heterocycles. The second kappa shape index (κ2) is 9.12. The van der Waals surface area contributed by atoms with Crippen LogP contribution in [0.25, 0.3) is 0 Å². The zero-order chi connectivity index (χ0) is 20.0. The lowest BCUT2D eigenvalue weighted by atomic mass is 10.1. The molecule has 0 saturated carbocycles. The third-order valence-corrected chi connectivity index (χ3v) is 6.34. The fourth-order valence-corrected chi connectivity index (χ4v) is 4.31. The second-order valence-corrected chi connectivity index (χ2v) is 8.09. The predicted octanol–water partition coefficient (Wildman–Crippen LogP) is 3.42. The van der Waals surface area contributed by atoms with Gasteiger partial charge in [0.1, 0.15) is 0 Å². The number of carbonyl (C=O) groups excluding carboxylic acids is 1. The van der Waals surface area contributed by atoms with Gasteiger partial charge in [0, 0.05) is 31.5 Å². The number of hydrogen-bond donors (Lipinski definition) is 1. The van der Waals surface area contributed by atoms with Crippen molar-refractivity contribution in [1.29, 1.82) is 0 Å². The molecule has 0 unspecified atom stereocenters. The van der Waals surface area contributed by atoms with Crippen molar-refractivity contribution in [3.8, 4) is 0 Å². The van der Waals surface area contributed by atoms with E-state index in [0.717, 1.165) is 5.56 Å². The number of sulfonamides is 1. The van der Waals surface area contributed by atoms with Gasteiger partial charge < -0.3 is 10.1 Å². The molecule has 0 aliphatic carbocycles. The Morgan fingerprint density at radius 2 is 1.81 bits per heavy atom. The smallest absolute Gasteiger partial charge is 0.255 e. The molecule has 0 spiro atoms. The number of hydrogen-bond acceptors (Lipinski definition) is 4. The summed E-state index contributed by atoms with van der Waals surface area (Å²) in [5.74, 6) is -0.348. The molecule has 146 valence electrons. The Morgan fingerprint density at radius 1 is 1.11 bits per heavy atom. The summed E-state index contributed by atoms with van der Waals surface area (Å²) in [6.07, 6.45) is 0. The Morgan fingerprint density at radius 3 is 2.44 bits per heavy atom. The van der Waals surface area contributed by atoms with Crippen LogP contribution < -0.4 is 5.32 Å². The topological polar surface area (TPSA) is 75.7 Å². The van der Waals surface area contributed by atoms with Crippen LogP contribution in [0.15, 0.2) is 47.4 Å². The molecule has 0 radical (unpaired) electrons. The predicted molar refractivity (Wildman–Crippen MR) is 106 cm³/mol. The average Bonchev–Trinajstić information content (AvgIpc) is 2.63. The van der Waals surface area contributed by atoms with Crippen molar-refractivity contribution >= 4 is 21.6 Å². The van der Waals surface area contributed by atoms with E-state index in [9.17, 15) is 13.2 Å². The molecular formula is C20H26N2O4S. The minimum atomic E-state index is -3.62. The summed E-state index contributed by atoms with van der Waals surface area (Å²) in [5, 5.41) is 2.83. The number of rotatable bonds is 8. The highest BCUT2D eigenvalue weighted by atomic mass is 32.2. The van der Waals surface area contributed by atoms with E-state index in [2.05, 4.69) is 5.32 Å². The van der Waals surface area contributed by atoms with E-state index >= 15 is 0 Å². The molecule has 0 aliphatic heterocycles. The summed E-state index contributed by atoms with van der Waals surface area (Å²) in [5.41, 5.74) is 2.61. The van der Waals surface area contributed by atoms with Gasteiger partial charge in [0.15, 0.2) is 0 Å². The van der Waals surface area contributed by atoms with E-state index in [1.165, 1.54) is 10.4 Å². The standard InChI is InChI=1S/C20H26N2O4S/c1-5-22(6-2)27(24,25)18-11-10-15(3)19(13-18)20(23)21-17-9-7-8-16(12-17)14-26-4/h7-13H,5-6,14H2,1-4H3,(H,21,23). The number of benzene rings is 2. The fourth-order valence-electron chi connectivity index (χ4n) is 2.82. The van der Waals surface area contributed by atoms with Gasteiger partial charge in [-0.15, -0.1) is 0 Å². The van der Waals surface area contributed by atoms with Gasteiger partial charge in [0.05, 0.1) is 11.5 Å². The normalized spacial score (nSPS) is 11.6. The lowest BCUT2D eigenvalue weighted by Crippen LogP contribution is -2.30. The number of anilines is 1. The first kappa shape index (κ1) is 21.1. The maximum atomic E-state index is 12.7. The lowest BCUT2D eigenvalue weighted by molar-refractivity contribution is 0.102. The van der Waals surface area contributed by atoms with Crippen molar-refractivity contribution in [2.75, 3.05) is 25.5 Å². The maximum absolute atomic E-state index is 12.7. The van der Waals surface area contributed by atoms with Crippen LogP contribution in [0.5, 0.6) is 0 Å². The molecule has 2 rings (SSSR count). The quantitative estimate of drug-likeness (QED) is 0.749. The molecule has 1 N–H and O–H groups in total. The van der Waals surface area contributed by atoms with Crippen molar-refractivity contribution in [3.63, 3.8) is 0 Å². The summed E-state index contributed by atoms with van der Waals surface area (Å²) in [6.45, 7) is 6.55. The monoisotopic (exact) mass is 390 g/mol. The van der Waals surface area contributed by atoms with Gasteiger partial charge in [0.25, 0.3) is 5.91 Å². The van der Waals surface area contributed by atoms with Crippen LogP contribution in [-0.4, -0.2) is 38.8 Å². The van der Waals surface area contributed by atoms with Gasteiger partial charge in [-0.25, -0.2) is 8.42 Å². The van der Waals surface area contributed by atoms with Gasteiger partial charge in [0.2, 0.25) is 10.0 Å². The molecule has 27 heavy (non-hydrogen) atoms. The second-order valence-electron chi connectivity index (χ2n) is 6.15. The zero-order valence-electron chi connectivity index (χ0n) is 16.2. The number of methoxy groups -OCH3 is 1. The Hall–Kier alpha value is -2.22. The Balaban J connectivity index is 2.33. The van der Waals surface area contributed by atoms with Crippen LogP contribution in [0.4, 0.5) is 5.69 Å². The third-order valence-electron chi connectivity index (χ3n) is 4.29. The molecule has 7 heteroatoms. The minimum Gasteiger partial charge on any atom is -0.380 e. The van der Waals surface area contributed by atoms with Crippen molar-refractivity contribution in [2.45, 2.75) is 32.3 Å². The first-order valence-corrected chi connectivity index (χ1v) is 10.3. The first-order chi connectivity index (χ1) is 12.8. The summed E-state index contributed by atoms with van der Waals surface area (Å²) < 4.78 is 31.9. The lowest BCUT2D eigenvalue weighted by Gasteiger charge is -2.19. The van der Waals surface area contributed by atoms with E-state index in [0.29, 0.717) is 36.5 Å². The summed E-state index contributed by atoms with van der Waals surface area (Å²) in [4.78, 5) is 12.9. The maximum Gasteiger partial charge on any atom is 0.255 e. The van der Waals surface area contributed by atoms with Gasteiger partial charge in [-0.1, -0.05) is 32.0 Å². The largest absolute Gasteiger partial charge is 0.380 e. The molecule has 2 aromatic carbocycles. The van der Waals surface area contributed by atoms with Gasteiger partial charge in [-0.3, -0.25) is 4.79 Å². The first-order valence-electron chi connectivity index (χ1n) is 8.83. The number of nitrogens with one attached hydrogen (secondary N) is 1. The molecule has 0 heterocycles. The van der Waals surface area contributed by atoms with Crippen molar-refractivity contribution < 1.29 is 17.9 Å². The van der Waals surface area contributed by atoms with E-state index in [1.807, 2.05) is 18.2 Å². The fraction of sp³-hybridized carbons (Fsp3) is 0.350. The Labute approximate surface area is 161 Å². The van der Waals surface area contributed by atoms with Crippen molar-refractivity contribution in [2.24, 2.45) is 0 Å². The SMILES string of the molecule is CCN(CC)S(=O)(=O)c1ccc(C)c(C(=O)Nc2cccc(COC)c2)c1. The molecule has 0 bridgehead atoms. The number of carbonyl (C=O) groups is 1. The average molecular weight is 391 g/mol. The number of amides is 1. The van der Waals surface area contributed by atoms with Gasteiger partial charge in [-0.2, -0.15) is 4.31 Å². The van der Waals surface area contributed by atoms with E-state index in [4.69, 9.17) is 4.74 Å². The number of nitrogens with zero attached hydrogens (tertiary/aromatic N) is 1. The van der Waals surface area contributed by atoms with E-state index in [1.54, 1.807) is 46.1 Å². The van der Waals surface area contributed by atoms with Crippen LogP contribution in [-0.2, 0) is 21.4 Å². The summed E-state index contributed by atoms with van der Waals surface area (Å²) in [6, 6.07) is 12.0. The van der Waals surface area contributed by atoms with Gasteiger partial charge in [-0.05, 0) is 42.3 Å². The molecule has 0 fully saturated rings. The highest BCUT2D eigenvalue weighted by Gasteiger charge is 2.23. The van der Waals surface area contributed by atoms with Crippen molar-refractivity contribution in [3.05, 3.63) is 59.2 Å². The number of aryl methyl sites for hydroxylation is 1. The number of ether oxygens (including phenoxy) is 1. The van der Waals surface area contributed by atoms with Crippen LogP contribution >= 0.6 is 0 Å². The Kier molecular flexibility index (Phi) is 7.12. The van der Waals surface area contributed by atoms with E-state index in [-0.39, 0.29) is 10.8 Å². The van der Waals surface area contributed by atoms with E-state index < -0.39 is 10.0 Å². The minimum absolute atomic E-state index is 0.120. The highest BCUT2D eigenvalue weighted by Crippen LogP contribution is 2.21. The molecule has 0 aromatic heterocycles. The van der Waals surface area contributed by atoms with Gasteiger partial charge >= 0.3 is 0 Å². The summed E-state index contributed by atoms with van der Waals surface area (Å²) in [7, 11) is -2.02. The summed E-state index contributed by atoms with van der Waals surface area (Å²) >= 11 is 0. The molecular weight excluding hydrogens is 364 g/mol.